The fourth-order valence-corrected chi connectivity index (χ4v) is 2.18. The molecule has 4 nitrogen and oxygen atoms in total. The smallest absolute Gasteiger partial charge is 0.223 e. The summed E-state index contributed by atoms with van der Waals surface area (Å²) in [6, 6.07) is 0. The van der Waals surface area contributed by atoms with Crippen LogP contribution in [-0.4, -0.2) is 48.7 Å². The lowest BCUT2D eigenvalue weighted by Crippen LogP contribution is -2.39. The first-order valence-corrected chi connectivity index (χ1v) is 7.20. The van der Waals surface area contributed by atoms with Crippen LogP contribution < -0.4 is 5.32 Å². The summed E-state index contributed by atoms with van der Waals surface area (Å²) in [5, 5.41) is 12.6. The molecular weight excluding hydrogens is 228 g/mol. The van der Waals surface area contributed by atoms with E-state index in [1.165, 1.54) is 6.42 Å². The maximum absolute atomic E-state index is 11.9. The van der Waals surface area contributed by atoms with E-state index in [4.69, 9.17) is 0 Å². The van der Waals surface area contributed by atoms with Crippen molar-refractivity contribution in [2.45, 2.75) is 46.0 Å². The Bertz CT molecular complexity index is 246. The minimum Gasteiger partial charge on any atom is -0.396 e. The van der Waals surface area contributed by atoms with Gasteiger partial charge in [0.25, 0.3) is 0 Å². The second-order valence-electron chi connectivity index (χ2n) is 5.69. The highest BCUT2D eigenvalue weighted by atomic mass is 16.3. The molecule has 0 spiro atoms. The van der Waals surface area contributed by atoms with Gasteiger partial charge >= 0.3 is 0 Å². The number of aliphatic hydroxyl groups excluding tert-OH is 1. The van der Waals surface area contributed by atoms with Crippen molar-refractivity contribution in [1.82, 2.24) is 10.2 Å². The van der Waals surface area contributed by atoms with Gasteiger partial charge in [0.05, 0.1) is 0 Å². The van der Waals surface area contributed by atoms with Crippen LogP contribution >= 0.6 is 0 Å². The zero-order chi connectivity index (χ0) is 13.4. The average Bonchev–Trinajstić information content (AvgIpc) is 2.44. The van der Waals surface area contributed by atoms with E-state index in [1.54, 1.807) is 0 Å². The SMILES string of the molecule is CCC(C)(CO)CNCCC(=O)N1CCCCC1. The Morgan fingerprint density at radius 3 is 2.56 bits per heavy atom. The second kappa shape index (κ2) is 7.74. The summed E-state index contributed by atoms with van der Waals surface area (Å²) in [7, 11) is 0. The minimum atomic E-state index is -0.0613. The van der Waals surface area contributed by atoms with Crippen molar-refractivity contribution in [2.24, 2.45) is 5.41 Å². The van der Waals surface area contributed by atoms with Gasteiger partial charge in [-0.05, 0) is 25.7 Å². The van der Waals surface area contributed by atoms with Gasteiger partial charge in [-0.3, -0.25) is 4.79 Å². The quantitative estimate of drug-likeness (QED) is 0.677. The molecule has 2 N–H and O–H groups in total. The number of amides is 1. The molecule has 4 heteroatoms. The molecule has 106 valence electrons. The highest BCUT2D eigenvalue weighted by molar-refractivity contribution is 5.76. The van der Waals surface area contributed by atoms with Crippen molar-refractivity contribution >= 4 is 5.91 Å². The third-order valence-electron chi connectivity index (χ3n) is 4.01. The maximum Gasteiger partial charge on any atom is 0.223 e. The van der Waals surface area contributed by atoms with Crippen LogP contribution in [0.1, 0.15) is 46.0 Å². The molecule has 0 saturated carbocycles. The van der Waals surface area contributed by atoms with Crippen molar-refractivity contribution in [3.05, 3.63) is 0 Å². The van der Waals surface area contributed by atoms with Crippen LogP contribution in [-0.2, 0) is 4.79 Å². The maximum atomic E-state index is 11.9. The number of rotatable bonds is 7. The molecule has 1 unspecified atom stereocenters. The van der Waals surface area contributed by atoms with Gasteiger partial charge in [0.2, 0.25) is 5.91 Å². The standard InChI is InChI=1S/C14H28N2O2/c1-3-14(2,12-17)11-15-8-7-13(18)16-9-5-4-6-10-16/h15,17H,3-12H2,1-2H3. The van der Waals surface area contributed by atoms with E-state index in [1.807, 2.05) is 4.90 Å². The molecule has 0 aromatic heterocycles. The van der Waals surface area contributed by atoms with Crippen LogP contribution in [0.25, 0.3) is 0 Å². The van der Waals surface area contributed by atoms with Crippen LogP contribution in [0.15, 0.2) is 0 Å². The summed E-state index contributed by atoms with van der Waals surface area (Å²) in [6.07, 6.45) is 5.07. The predicted molar refractivity (Wildman–Crippen MR) is 73.4 cm³/mol. The van der Waals surface area contributed by atoms with Gasteiger partial charge < -0.3 is 15.3 Å². The summed E-state index contributed by atoms with van der Waals surface area (Å²) >= 11 is 0. The molecule has 18 heavy (non-hydrogen) atoms. The number of carbonyl (C=O) groups excluding carboxylic acids is 1. The number of aliphatic hydroxyl groups is 1. The normalized spacial score (nSPS) is 19.6. The van der Waals surface area contributed by atoms with Gasteiger partial charge in [-0.15, -0.1) is 0 Å². The summed E-state index contributed by atoms with van der Waals surface area (Å²) < 4.78 is 0. The van der Waals surface area contributed by atoms with E-state index in [-0.39, 0.29) is 17.9 Å². The highest BCUT2D eigenvalue weighted by Gasteiger charge is 2.21. The number of carbonyl (C=O) groups is 1. The van der Waals surface area contributed by atoms with E-state index in [0.29, 0.717) is 13.0 Å². The molecule has 0 aliphatic carbocycles. The number of hydrogen-bond donors (Lipinski definition) is 2. The molecule has 1 heterocycles. The Balaban J connectivity index is 2.15. The molecule has 0 aromatic rings. The summed E-state index contributed by atoms with van der Waals surface area (Å²) in [6.45, 7) is 7.68. The van der Waals surface area contributed by atoms with Gasteiger partial charge in [-0.25, -0.2) is 0 Å². The Hall–Kier alpha value is -0.610. The van der Waals surface area contributed by atoms with Crippen molar-refractivity contribution < 1.29 is 9.90 Å². The van der Waals surface area contributed by atoms with E-state index in [0.717, 1.165) is 38.9 Å². The van der Waals surface area contributed by atoms with Crippen LogP contribution in [0.3, 0.4) is 0 Å². The Morgan fingerprint density at radius 1 is 1.33 bits per heavy atom. The highest BCUT2D eigenvalue weighted by Crippen LogP contribution is 2.18. The first kappa shape index (κ1) is 15.4. The van der Waals surface area contributed by atoms with Crippen LogP contribution in [0.2, 0.25) is 0 Å². The molecule has 1 rings (SSSR count). The zero-order valence-electron chi connectivity index (χ0n) is 11.9. The topological polar surface area (TPSA) is 52.6 Å². The Labute approximate surface area is 111 Å². The number of hydrogen-bond acceptors (Lipinski definition) is 3. The van der Waals surface area contributed by atoms with Gasteiger partial charge in [-0.2, -0.15) is 0 Å². The molecule has 1 amide bonds. The van der Waals surface area contributed by atoms with Crippen molar-refractivity contribution in [3.8, 4) is 0 Å². The van der Waals surface area contributed by atoms with Gasteiger partial charge in [0, 0.05) is 44.6 Å². The van der Waals surface area contributed by atoms with Crippen molar-refractivity contribution in [3.63, 3.8) is 0 Å². The molecule has 1 atom stereocenters. The third-order valence-corrected chi connectivity index (χ3v) is 4.01. The summed E-state index contributed by atoms with van der Waals surface area (Å²) in [5.41, 5.74) is -0.0613. The molecule has 1 aliphatic rings. The van der Waals surface area contributed by atoms with Crippen LogP contribution in [0.4, 0.5) is 0 Å². The lowest BCUT2D eigenvalue weighted by Gasteiger charge is -2.28. The third kappa shape index (κ3) is 4.94. The largest absolute Gasteiger partial charge is 0.396 e. The monoisotopic (exact) mass is 256 g/mol. The van der Waals surface area contributed by atoms with Crippen molar-refractivity contribution in [2.75, 3.05) is 32.8 Å². The van der Waals surface area contributed by atoms with Gasteiger partial charge in [0.15, 0.2) is 0 Å². The number of nitrogens with zero attached hydrogens (tertiary/aromatic N) is 1. The van der Waals surface area contributed by atoms with Crippen LogP contribution in [0, 0.1) is 5.41 Å². The second-order valence-corrected chi connectivity index (χ2v) is 5.69. The number of nitrogens with one attached hydrogen (secondary N) is 1. The lowest BCUT2D eigenvalue weighted by molar-refractivity contribution is -0.132. The number of likely N-dealkylation sites (tertiary alicyclic amines) is 1. The predicted octanol–water partition coefficient (Wildman–Crippen LogP) is 1.39. The fourth-order valence-electron chi connectivity index (χ4n) is 2.18. The minimum absolute atomic E-state index is 0.0613. The Kier molecular flexibility index (Phi) is 6.65. The summed E-state index contributed by atoms with van der Waals surface area (Å²) in [5.74, 6) is 0.268. The van der Waals surface area contributed by atoms with Gasteiger partial charge in [-0.1, -0.05) is 13.8 Å². The Morgan fingerprint density at radius 2 is 2.00 bits per heavy atom. The molecule has 1 aliphatic heterocycles. The first-order valence-electron chi connectivity index (χ1n) is 7.20. The summed E-state index contributed by atoms with van der Waals surface area (Å²) in [4.78, 5) is 13.9. The van der Waals surface area contributed by atoms with Gasteiger partial charge in [0.1, 0.15) is 0 Å². The fraction of sp³-hybridized carbons (Fsp3) is 0.929. The first-order chi connectivity index (χ1) is 8.61. The molecule has 1 saturated heterocycles. The van der Waals surface area contributed by atoms with E-state index in [2.05, 4.69) is 19.2 Å². The molecule has 0 radical (unpaired) electrons. The van der Waals surface area contributed by atoms with Crippen molar-refractivity contribution in [1.29, 1.82) is 0 Å². The number of piperidine rings is 1. The molecule has 0 bridgehead atoms. The van der Waals surface area contributed by atoms with E-state index >= 15 is 0 Å². The average molecular weight is 256 g/mol. The van der Waals surface area contributed by atoms with E-state index in [9.17, 15) is 9.90 Å². The molecule has 0 aromatic carbocycles. The lowest BCUT2D eigenvalue weighted by atomic mass is 9.89. The molecule has 1 fully saturated rings. The zero-order valence-corrected chi connectivity index (χ0v) is 11.9. The molecular formula is C14H28N2O2. The van der Waals surface area contributed by atoms with Crippen LogP contribution in [0.5, 0.6) is 0 Å². The van der Waals surface area contributed by atoms with E-state index < -0.39 is 0 Å².